The van der Waals surface area contributed by atoms with Gasteiger partial charge in [-0.3, -0.25) is 9.59 Å². The first kappa shape index (κ1) is 23.0. The van der Waals surface area contributed by atoms with Gasteiger partial charge >= 0.3 is 0 Å². The van der Waals surface area contributed by atoms with Crippen molar-refractivity contribution in [3.05, 3.63) is 103 Å². The molecule has 0 atom stereocenters. The van der Waals surface area contributed by atoms with Crippen LogP contribution in [0.5, 0.6) is 0 Å². The second kappa shape index (κ2) is 10.2. The fourth-order valence-electron chi connectivity index (χ4n) is 3.11. The molecule has 3 N–H and O–H groups in total. The molecule has 4 rings (SSSR count). The van der Waals surface area contributed by atoms with Gasteiger partial charge in [-0.05, 0) is 35.4 Å². The van der Waals surface area contributed by atoms with E-state index < -0.39 is 5.91 Å². The first-order valence-electron chi connectivity index (χ1n) is 9.81. The standard InChI is InChI=1S/C22H18Cl2N6O2S/c23-18-2-1-3-19(24)17(18)8-15-9-20(31)27-22(26-15)33-12-16-11-30(29-28-16)10-13-4-6-14(7-5-13)21(25)32/h1-7,9,11H,8,10,12H2,(H2,25,32)(H,26,27,31). The number of nitrogens with two attached hydrogens (primary N) is 1. The number of hydrogen-bond donors (Lipinski definition) is 2. The van der Waals surface area contributed by atoms with E-state index in [1.54, 1.807) is 35.0 Å². The summed E-state index contributed by atoms with van der Waals surface area (Å²) in [6, 6.07) is 13.7. The summed E-state index contributed by atoms with van der Waals surface area (Å²) < 4.78 is 1.70. The number of benzene rings is 2. The van der Waals surface area contributed by atoms with E-state index in [4.69, 9.17) is 28.9 Å². The van der Waals surface area contributed by atoms with E-state index in [1.165, 1.54) is 17.8 Å². The van der Waals surface area contributed by atoms with Gasteiger partial charge in [-0.2, -0.15) is 0 Å². The van der Waals surface area contributed by atoms with Crippen molar-refractivity contribution < 1.29 is 4.79 Å². The molecule has 0 spiro atoms. The van der Waals surface area contributed by atoms with Crippen molar-refractivity contribution in [1.29, 1.82) is 0 Å². The Hall–Kier alpha value is -3.14. The number of carbonyl (C=O) groups excluding carboxylic acids is 1. The molecule has 0 unspecified atom stereocenters. The Morgan fingerprint density at radius 3 is 2.52 bits per heavy atom. The number of amides is 1. The van der Waals surface area contributed by atoms with Crippen LogP contribution in [0.3, 0.4) is 0 Å². The maximum atomic E-state index is 12.1. The second-order valence-electron chi connectivity index (χ2n) is 7.18. The lowest BCUT2D eigenvalue weighted by atomic mass is 10.1. The third-order valence-electron chi connectivity index (χ3n) is 4.72. The minimum Gasteiger partial charge on any atom is -0.366 e. The van der Waals surface area contributed by atoms with Gasteiger partial charge in [0.2, 0.25) is 5.91 Å². The first-order valence-corrected chi connectivity index (χ1v) is 11.6. The summed E-state index contributed by atoms with van der Waals surface area (Å²) in [6.07, 6.45) is 2.17. The van der Waals surface area contributed by atoms with Crippen molar-refractivity contribution in [2.75, 3.05) is 0 Å². The van der Waals surface area contributed by atoms with Crippen molar-refractivity contribution in [1.82, 2.24) is 25.0 Å². The number of aromatic nitrogens is 5. The van der Waals surface area contributed by atoms with Crippen molar-refractivity contribution in [2.45, 2.75) is 23.9 Å². The normalized spacial score (nSPS) is 11.0. The van der Waals surface area contributed by atoms with Gasteiger partial charge in [0.05, 0.1) is 17.9 Å². The van der Waals surface area contributed by atoms with E-state index in [9.17, 15) is 9.59 Å². The van der Waals surface area contributed by atoms with Gasteiger partial charge in [-0.15, -0.1) is 5.10 Å². The summed E-state index contributed by atoms with van der Waals surface area (Å²) in [6.45, 7) is 0.500. The molecule has 11 heteroatoms. The number of carbonyl (C=O) groups is 1. The molecule has 1 amide bonds. The lowest BCUT2D eigenvalue weighted by Crippen LogP contribution is -2.10. The molecule has 2 heterocycles. The zero-order chi connectivity index (χ0) is 23.4. The van der Waals surface area contributed by atoms with E-state index >= 15 is 0 Å². The van der Waals surface area contributed by atoms with Crippen LogP contribution in [0, 0.1) is 0 Å². The molecular weight excluding hydrogens is 483 g/mol. The average Bonchev–Trinajstić information content (AvgIpc) is 3.22. The number of primary amides is 1. The SMILES string of the molecule is NC(=O)c1ccc(Cn2cc(CSc3nc(Cc4c(Cl)cccc4Cl)cc(=O)[nH]3)nn2)cc1. The van der Waals surface area contributed by atoms with Crippen LogP contribution < -0.4 is 11.3 Å². The number of hydrogen-bond acceptors (Lipinski definition) is 6. The second-order valence-corrected chi connectivity index (χ2v) is 8.95. The molecule has 0 saturated carbocycles. The van der Waals surface area contributed by atoms with Crippen LogP contribution in [0.1, 0.15) is 32.9 Å². The molecule has 0 radical (unpaired) electrons. The molecule has 0 aliphatic rings. The van der Waals surface area contributed by atoms with Crippen LogP contribution in [-0.2, 0) is 18.7 Å². The number of H-pyrrole nitrogens is 1. The van der Waals surface area contributed by atoms with E-state index in [2.05, 4.69) is 20.3 Å². The van der Waals surface area contributed by atoms with Gasteiger partial charge in [-0.1, -0.05) is 58.4 Å². The number of nitrogens with one attached hydrogen (secondary N) is 1. The van der Waals surface area contributed by atoms with Gasteiger partial charge in [-0.25, -0.2) is 9.67 Å². The Kier molecular flexibility index (Phi) is 7.12. The summed E-state index contributed by atoms with van der Waals surface area (Å²) in [5, 5.41) is 9.83. The van der Waals surface area contributed by atoms with E-state index in [-0.39, 0.29) is 5.56 Å². The van der Waals surface area contributed by atoms with Crippen LogP contribution in [0.15, 0.2) is 64.7 Å². The first-order chi connectivity index (χ1) is 15.9. The lowest BCUT2D eigenvalue weighted by Gasteiger charge is -2.07. The highest BCUT2D eigenvalue weighted by atomic mass is 35.5. The fraction of sp³-hybridized carbons (Fsp3) is 0.136. The minimum absolute atomic E-state index is 0.256. The van der Waals surface area contributed by atoms with Crippen molar-refractivity contribution in [3.8, 4) is 0 Å². The molecule has 4 aromatic rings. The molecule has 168 valence electrons. The van der Waals surface area contributed by atoms with Gasteiger partial charge in [0.15, 0.2) is 5.16 Å². The largest absolute Gasteiger partial charge is 0.366 e. The fourth-order valence-corrected chi connectivity index (χ4v) is 4.41. The third-order valence-corrected chi connectivity index (χ3v) is 6.33. The molecule has 0 fully saturated rings. The Labute approximate surface area is 203 Å². The predicted octanol–water partition coefficient (Wildman–Crippen LogP) is 3.70. The van der Waals surface area contributed by atoms with E-state index in [1.807, 2.05) is 18.3 Å². The summed E-state index contributed by atoms with van der Waals surface area (Å²) in [4.78, 5) is 30.6. The highest BCUT2D eigenvalue weighted by Crippen LogP contribution is 2.26. The number of thioether (sulfide) groups is 1. The Bertz CT molecular complexity index is 1330. The summed E-state index contributed by atoms with van der Waals surface area (Å²) >= 11 is 13.8. The maximum Gasteiger partial charge on any atom is 0.251 e. The average molecular weight is 501 g/mol. The van der Waals surface area contributed by atoms with Gasteiger partial charge in [0.25, 0.3) is 5.56 Å². The molecule has 0 aliphatic carbocycles. The maximum absolute atomic E-state index is 12.1. The molecular formula is C22H18Cl2N6O2S. The summed E-state index contributed by atoms with van der Waals surface area (Å²) in [5.74, 6) is 0.00662. The Morgan fingerprint density at radius 2 is 1.82 bits per heavy atom. The lowest BCUT2D eigenvalue weighted by molar-refractivity contribution is 0.100. The molecule has 2 aromatic heterocycles. The third kappa shape index (κ3) is 6.01. The van der Waals surface area contributed by atoms with E-state index in [0.29, 0.717) is 45.2 Å². The smallest absolute Gasteiger partial charge is 0.251 e. The molecule has 33 heavy (non-hydrogen) atoms. The highest BCUT2D eigenvalue weighted by Gasteiger charge is 2.11. The monoisotopic (exact) mass is 500 g/mol. The Morgan fingerprint density at radius 1 is 1.09 bits per heavy atom. The van der Waals surface area contributed by atoms with Gasteiger partial charge in [0, 0.05) is 40.0 Å². The van der Waals surface area contributed by atoms with Crippen LogP contribution in [0.4, 0.5) is 0 Å². The van der Waals surface area contributed by atoms with Gasteiger partial charge < -0.3 is 10.7 Å². The van der Waals surface area contributed by atoms with Crippen molar-refractivity contribution >= 4 is 40.9 Å². The predicted molar refractivity (Wildman–Crippen MR) is 128 cm³/mol. The van der Waals surface area contributed by atoms with Crippen LogP contribution in [0.2, 0.25) is 10.0 Å². The zero-order valence-electron chi connectivity index (χ0n) is 17.2. The molecule has 2 aromatic carbocycles. The summed E-state index contributed by atoms with van der Waals surface area (Å²) in [5.41, 5.74) is 8.45. The minimum atomic E-state index is -0.465. The zero-order valence-corrected chi connectivity index (χ0v) is 19.5. The Balaban J connectivity index is 1.41. The molecule has 0 bridgehead atoms. The number of rotatable bonds is 8. The van der Waals surface area contributed by atoms with E-state index in [0.717, 1.165) is 16.8 Å². The van der Waals surface area contributed by atoms with Gasteiger partial charge in [0.1, 0.15) is 0 Å². The highest BCUT2D eigenvalue weighted by molar-refractivity contribution is 7.98. The van der Waals surface area contributed by atoms with Crippen LogP contribution in [-0.4, -0.2) is 30.9 Å². The molecule has 8 nitrogen and oxygen atoms in total. The number of halogens is 2. The van der Waals surface area contributed by atoms with Crippen molar-refractivity contribution in [2.24, 2.45) is 5.73 Å². The molecule has 0 aliphatic heterocycles. The molecule has 0 saturated heterocycles. The topological polar surface area (TPSA) is 120 Å². The van der Waals surface area contributed by atoms with Crippen LogP contribution >= 0.6 is 35.0 Å². The summed E-state index contributed by atoms with van der Waals surface area (Å²) in [7, 11) is 0. The van der Waals surface area contributed by atoms with Crippen LogP contribution in [0.25, 0.3) is 0 Å². The quantitative estimate of drug-likeness (QED) is 0.281. The number of aromatic amines is 1. The number of nitrogens with zero attached hydrogens (tertiary/aromatic N) is 4. The van der Waals surface area contributed by atoms with Crippen molar-refractivity contribution in [3.63, 3.8) is 0 Å².